The van der Waals surface area contributed by atoms with Gasteiger partial charge < -0.3 is 15.4 Å². The van der Waals surface area contributed by atoms with E-state index in [0.717, 1.165) is 68.8 Å². The van der Waals surface area contributed by atoms with Gasteiger partial charge in [-0.3, -0.25) is 4.99 Å². The molecule has 0 aliphatic carbocycles. The Morgan fingerprint density at radius 1 is 1.33 bits per heavy atom. The van der Waals surface area contributed by atoms with Crippen LogP contribution in [-0.2, 0) is 11.2 Å². The fourth-order valence-electron chi connectivity index (χ4n) is 1.76. The Kier molecular flexibility index (Phi) is 9.82. The van der Waals surface area contributed by atoms with Gasteiger partial charge >= 0.3 is 0 Å². The summed E-state index contributed by atoms with van der Waals surface area (Å²) in [5.74, 6) is 0.889. The molecule has 0 bridgehead atoms. The normalized spacial score (nSPS) is 11.7. The van der Waals surface area contributed by atoms with E-state index in [2.05, 4.69) is 32.9 Å². The summed E-state index contributed by atoms with van der Waals surface area (Å²) in [6, 6.07) is 0. The van der Waals surface area contributed by atoms with Crippen molar-refractivity contribution in [3.05, 3.63) is 16.1 Å². The van der Waals surface area contributed by atoms with Crippen molar-refractivity contribution in [3.8, 4) is 0 Å². The molecule has 0 aliphatic rings. The van der Waals surface area contributed by atoms with Crippen LogP contribution in [0.1, 0.15) is 37.4 Å². The second kappa shape index (κ2) is 11.5. The third-order valence-electron chi connectivity index (χ3n) is 2.80. The quantitative estimate of drug-likeness (QED) is 0.396. The maximum absolute atomic E-state index is 5.33. The predicted octanol–water partition coefficient (Wildman–Crippen LogP) is 2.37. The van der Waals surface area contributed by atoms with Crippen LogP contribution in [0.15, 0.2) is 10.4 Å². The number of aliphatic imine (C=N–C) groups is 1. The zero-order chi connectivity index (χ0) is 15.3. The van der Waals surface area contributed by atoms with E-state index in [4.69, 9.17) is 4.74 Å². The van der Waals surface area contributed by atoms with Gasteiger partial charge in [0.2, 0.25) is 0 Å². The van der Waals surface area contributed by atoms with Gasteiger partial charge in [0.05, 0.1) is 10.7 Å². The number of aryl methyl sites for hydroxylation is 1. The summed E-state index contributed by atoms with van der Waals surface area (Å²) in [5.41, 5.74) is 1.15. The van der Waals surface area contributed by atoms with Gasteiger partial charge in [0, 0.05) is 44.6 Å². The van der Waals surface area contributed by atoms with Crippen LogP contribution in [0.2, 0.25) is 0 Å². The van der Waals surface area contributed by atoms with Crippen LogP contribution in [0.25, 0.3) is 0 Å². The molecule has 0 radical (unpaired) electrons. The largest absolute Gasteiger partial charge is 0.382 e. The SMILES string of the molecule is CCCN=C(NCCCOCC)NCCc1csc(C)n1. The van der Waals surface area contributed by atoms with Gasteiger partial charge in [0.25, 0.3) is 0 Å². The molecule has 0 amide bonds. The summed E-state index contributed by atoms with van der Waals surface area (Å²) in [7, 11) is 0. The molecule has 0 fully saturated rings. The van der Waals surface area contributed by atoms with Gasteiger partial charge in [-0.1, -0.05) is 6.92 Å². The molecular formula is C15H28N4OS. The molecule has 0 atom stereocenters. The number of nitrogens with one attached hydrogen (secondary N) is 2. The highest BCUT2D eigenvalue weighted by atomic mass is 32.1. The summed E-state index contributed by atoms with van der Waals surface area (Å²) in [6.07, 6.45) is 2.97. The van der Waals surface area contributed by atoms with E-state index in [1.807, 2.05) is 13.8 Å². The highest BCUT2D eigenvalue weighted by Crippen LogP contribution is 2.07. The van der Waals surface area contributed by atoms with Crippen LogP contribution < -0.4 is 10.6 Å². The van der Waals surface area contributed by atoms with Gasteiger partial charge in [-0.15, -0.1) is 11.3 Å². The van der Waals surface area contributed by atoms with Gasteiger partial charge in [-0.2, -0.15) is 0 Å². The number of nitrogens with zero attached hydrogens (tertiary/aromatic N) is 2. The molecule has 1 aromatic heterocycles. The summed E-state index contributed by atoms with van der Waals surface area (Å²) < 4.78 is 5.33. The third kappa shape index (κ3) is 8.67. The minimum absolute atomic E-state index is 0.780. The molecule has 0 saturated carbocycles. The van der Waals surface area contributed by atoms with Crippen molar-refractivity contribution in [1.82, 2.24) is 15.6 Å². The van der Waals surface area contributed by atoms with Crippen molar-refractivity contribution in [2.75, 3.05) is 32.8 Å². The lowest BCUT2D eigenvalue weighted by Crippen LogP contribution is -2.39. The monoisotopic (exact) mass is 312 g/mol. The Morgan fingerprint density at radius 3 is 2.81 bits per heavy atom. The summed E-state index contributed by atoms with van der Waals surface area (Å²) in [5, 5.41) is 9.96. The van der Waals surface area contributed by atoms with Crippen LogP contribution in [0.3, 0.4) is 0 Å². The smallest absolute Gasteiger partial charge is 0.191 e. The minimum atomic E-state index is 0.780. The molecule has 5 nitrogen and oxygen atoms in total. The molecule has 21 heavy (non-hydrogen) atoms. The molecule has 0 saturated heterocycles. The minimum Gasteiger partial charge on any atom is -0.382 e. The van der Waals surface area contributed by atoms with E-state index in [-0.39, 0.29) is 0 Å². The molecule has 0 spiro atoms. The van der Waals surface area contributed by atoms with Gasteiger partial charge in [-0.05, 0) is 26.7 Å². The average Bonchev–Trinajstić information content (AvgIpc) is 2.89. The van der Waals surface area contributed by atoms with Crippen molar-refractivity contribution in [2.45, 2.75) is 40.0 Å². The van der Waals surface area contributed by atoms with Crippen molar-refractivity contribution >= 4 is 17.3 Å². The fraction of sp³-hybridized carbons (Fsp3) is 0.733. The van der Waals surface area contributed by atoms with Crippen molar-refractivity contribution in [1.29, 1.82) is 0 Å². The first-order valence-corrected chi connectivity index (χ1v) is 8.65. The third-order valence-corrected chi connectivity index (χ3v) is 3.62. The number of hydrogen-bond donors (Lipinski definition) is 2. The van der Waals surface area contributed by atoms with E-state index >= 15 is 0 Å². The highest BCUT2D eigenvalue weighted by Gasteiger charge is 2.01. The number of aromatic nitrogens is 1. The summed E-state index contributed by atoms with van der Waals surface area (Å²) in [4.78, 5) is 9.00. The Balaban J connectivity index is 2.25. The Bertz CT molecular complexity index is 406. The van der Waals surface area contributed by atoms with Crippen molar-refractivity contribution < 1.29 is 4.74 Å². The van der Waals surface area contributed by atoms with E-state index in [1.54, 1.807) is 11.3 Å². The molecule has 1 rings (SSSR count). The molecule has 6 heteroatoms. The topological polar surface area (TPSA) is 58.5 Å². The van der Waals surface area contributed by atoms with Crippen LogP contribution >= 0.6 is 11.3 Å². The maximum atomic E-state index is 5.33. The second-order valence-corrected chi connectivity index (χ2v) is 5.80. The standard InChI is InChI=1S/C15H28N4OS/c1-4-8-16-15(17-9-6-11-20-5-2)18-10-7-14-12-21-13(3)19-14/h12H,4-11H2,1-3H3,(H2,16,17,18). The van der Waals surface area contributed by atoms with E-state index in [9.17, 15) is 0 Å². The van der Waals surface area contributed by atoms with Gasteiger partial charge in [0.15, 0.2) is 5.96 Å². The van der Waals surface area contributed by atoms with Crippen LogP contribution in [0, 0.1) is 6.92 Å². The lowest BCUT2D eigenvalue weighted by Gasteiger charge is -2.12. The fourth-order valence-corrected chi connectivity index (χ4v) is 2.40. The lowest BCUT2D eigenvalue weighted by molar-refractivity contribution is 0.145. The first kappa shape index (κ1) is 17.9. The van der Waals surface area contributed by atoms with Crippen molar-refractivity contribution in [2.24, 2.45) is 4.99 Å². The first-order valence-electron chi connectivity index (χ1n) is 7.77. The number of rotatable bonds is 10. The Labute approximate surface area is 132 Å². The molecule has 0 aliphatic heterocycles. The first-order chi connectivity index (χ1) is 10.3. The molecule has 0 aromatic carbocycles. The van der Waals surface area contributed by atoms with E-state index < -0.39 is 0 Å². The van der Waals surface area contributed by atoms with E-state index in [0.29, 0.717) is 0 Å². The summed E-state index contributed by atoms with van der Waals surface area (Å²) in [6.45, 7) is 10.3. The Morgan fingerprint density at radius 2 is 2.14 bits per heavy atom. The zero-order valence-corrected chi connectivity index (χ0v) is 14.3. The average molecular weight is 312 g/mol. The number of ether oxygens (including phenoxy) is 1. The number of guanidine groups is 1. The lowest BCUT2D eigenvalue weighted by atomic mass is 10.3. The molecule has 2 N–H and O–H groups in total. The molecule has 0 unspecified atom stereocenters. The highest BCUT2D eigenvalue weighted by molar-refractivity contribution is 7.09. The van der Waals surface area contributed by atoms with Crippen LogP contribution in [0.5, 0.6) is 0 Å². The zero-order valence-electron chi connectivity index (χ0n) is 13.4. The predicted molar refractivity (Wildman–Crippen MR) is 90.3 cm³/mol. The van der Waals surface area contributed by atoms with Crippen LogP contribution in [-0.4, -0.2) is 43.8 Å². The Hall–Kier alpha value is -1.14. The molecule has 1 heterocycles. The van der Waals surface area contributed by atoms with Gasteiger partial charge in [0.1, 0.15) is 0 Å². The number of thiazole rings is 1. The van der Waals surface area contributed by atoms with Crippen molar-refractivity contribution in [3.63, 3.8) is 0 Å². The van der Waals surface area contributed by atoms with Gasteiger partial charge in [-0.25, -0.2) is 4.98 Å². The van der Waals surface area contributed by atoms with Crippen LogP contribution in [0.4, 0.5) is 0 Å². The number of hydrogen-bond acceptors (Lipinski definition) is 4. The van der Waals surface area contributed by atoms with E-state index in [1.165, 1.54) is 0 Å². The molecular weight excluding hydrogens is 284 g/mol. The second-order valence-electron chi connectivity index (χ2n) is 4.74. The molecule has 1 aromatic rings. The maximum Gasteiger partial charge on any atom is 0.191 e. The molecule has 120 valence electrons. The summed E-state index contributed by atoms with van der Waals surface area (Å²) >= 11 is 1.70.